The van der Waals surface area contributed by atoms with Crippen molar-refractivity contribution in [2.24, 2.45) is 11.8 Å². The van der Waals surface area contributed by atoms with Gasteiger partial charge in [-0.05, 0) is 32.6 Å². The highest BCUT2D eigenvalue weighted by Gasteiger charge is 2.74. The molecule has 0 radical (unpaired) electrons. The largest absolute Gasteiger partial charge is 0.465 e. The second-order valence-electron chi connectivity index (χ2n) is 10.8. The third kappa shape index (κ3) is 4.73. The van der Waals surface area contributed by atoms with Crippen LogP contribution in [0.4, 0.5) is 0 Å². The SMILES string of the molecule is C[C@@]12C=CCCOC(=O)[C@@H]1[C@H]1C(=O)N(CCCCCO)C3C(=O)N(CCN4CCOCC4)CC=C[C@@]31O2. The second-order valence-corrected chi connectivity index (χ2v) is 10.8. The van der Waals surface area contributed by atoms with E-state index in [4.69, 9.17) is 14.2 Å². The van der Waals surface area contributed by atoms with E-state index in [9.17, 15) is 19.5 Å². The molecular weight excluding hydrogens is 478 g/mol. The Kier molecular flexibility index (Phi) is 7.72. The van der Waals surface area contributed by atoms with Crippen molar-refractivity contribution >= 4 is 17.8 Å². The lowest BCUT2D eigenvalue weighted by Gasteiger charge is -2.38. The summed E-state index contributed by atoms with van der Waals surface area (Å²) in [5.41, 5.74) is -2.29. The molecule has 3 fully saturated rings. The van der Waals surface area contributed by atoms with Crippen molar-refractivity contribution < 1.29 is 33.7 Å². The van der Waals surface area contributed by atoms with Crippen molar-refractivity contribution in [1.29, 1.82) is 0 Å². The van der Waals surface area contributed by atoms with Crippen LogP contribution in [-0.2, 0) is 28.6 Å². The van der Waals surface area contributed by atoms with Crippen molar-refractivity contribution in [3.8, 4) is 0 Å². The molecule has 10 heteroatoms. The number of aliphatic hydroxyl groups excluding tert-OH is 1. The van der Waals surface area contributed by atoms with E-state index in [1.54, 1.807) is 4.90 Å². The van der Waals surface area contributed by atoms with E-state index in [0.717, 1.165) is 26.1 Å². The van der Waals surface area contributed by atoms with Gasteiger partial charge in [-0.15, -0.1) is 0 Å². The van der Waals surface area contributed by atoms with Crippen LogP contribution in [0, 0.1) is 11.8 Å². The molecule has 5 heterocycles. The molecule has 5 atom stereocenters. The molecule has 1 N–H and O–H groups in total. The number of hydrogen-bond acceptors (Lipinski definition) is 8. The molecular formula is C27H39N3O7. The molecule has 0 saturated carbocycles. The van der Waals surface area contributed by atoms with Crippen LogP contribution < -0.4 is 0 Å². The lowest BCUT2D eigenvalue weighted by atomic mass is 9.74. The average molecular weight is 518 g/mol. The summed E-state index contributed by atoms with van der Waals surface area (Å²) in [7, 11) is 0. The summed E-state index contributed by atoms with van der Waals surface area (Å²) in [5, 5.41) is 9.20. The van der Waals surface area contributed by atoms with Gasteiger partial charge in [0.05, 0.1) is 31.3 Å². The maximum atomic E-state index is 14.2. The van der Waals surface area contributed by atoms with E-state index in [2.05, 4.69) is 4.90 Å². The fraction of sp³-hybridized carbons (Fsp3) is 0.741. The fourth-order valence-corrected chi connectivity index (χ4v) is 6.63. The number of fused-ring (bicyclic) bond motifs is 2. The monoisotopic (exact) mass is 517 g/mol. The molecule has 0 aromatic heterocycles. The summed E-state index contributed by atoms with van der Waals surface area (Å²) >= 11 is 0. The summed E-state index contributed by atoms with van der Waals surface area (Å²) in [6, 6.07) is -0.853. The molecule has 5 aliphatic heterocycles. The molecule has 0 aromatic carbocycles. The molecule has 5 rings (SSSR count). The van der Waals surface area contributed by atoms with Gasteiger partial charge in [-0.3, -0.25) is 19.3 Å². The van der Waals surface area contributed by atoms with E-state index in [1.807, 2.05) is 36.1 Å². The van der Waals surface area contributed by atoms with Gasteiger partial charge in [0.1, 0.15) is 17.6 Å². The van der Waals surface area contributed by atoms with Gasteiger partial charge in [-0.1, -0.05) is 24.3 Å². The number of aliphatic hydroxyl groups is 1. The van der Waals surface area contributed by atoms with Crippen LogP contribution in [0.5, 0.6) is 0 Å². The standard InChI is InChI=1S/C27H39N3O7/c1-26-8-3-6-17-36-25(34)21(26)20-23(32)30(11-4-2-5-16-31)22-24(33)29(10-7-9-27(20,22)37-26)13-12-28-14-18-35-19-15-28/h3,7-9,20-22,31H,2,4-6,10-19H2,1H3/t20-,21-,22?,26+,27-/m0/s1. The zero-order chi connectivity index (χ0) is 26.0. The Bertz CT molecular complexity index is 948. The first-order valence-corrected chi connectivity index (χ1v) is 13.6. The summed E-state index contributed by atoms with van der Waals surface area (Å²) < 4.78 is 17.7. The molecule has 1 spiro atoms. The van der Waals surface area contributed by atoms with Gasteiger partial charge in [0.15, 0.2) is 0 Å². The van der Waals surface area contributed by atoms with Gasteiger partial charge in [0.25, 0.3) is 0 Å². The number of ether oxygens (including phenoxy) is 3. The third-order valence-electron chi connectivity index (χ3n) is 8.45. The van der Waals surface area contributed by atoms with E-state index in [-0.39, 0.29) is 25.0 Å². The van der Waals surface area contributed by atoms with Gasteiger partial charge in [0, 0.05) is 45.9 Å². The molecule has 2 amide bonds. The van der Waals surface area contributed by atoms with E-state index in [1.165, 1.54) is 0 Å². The minimum Gasteiger partial charge on any atom is -0.465 e. The Morgan fingerprint density at radius 1 is 0.946 bits per heavy atom. The van der Waals surface area contributed by atoms with Gasteiger partial charge in [0.2, 0.25) is 11.8 Å². The number of carbonyl (C=O) groups is 3. The van der Waals surface area contributed by atoms with Crippen LogP contribution >= 0.6 is 0 Å². The summed E-state index contributed by atoms with van der Waals surface area (Å²) in [6.07, 6.45) is 10.2. The predicted octanol–water partition coefficient (Wildman–Crippen LogP) is 0.354. The maximum absolute atomic E-state index is 14.2. The first kappa shape index (κ1) is 26.3. The Labute approximate surface area is 218 Å². The predicted molar refractivity (Wildman–Crippen MR) is 133 cm³/mol. The number of morpholine rings is 1. The first-order valence-electron chi connectivity index (χ1n) is 13.6. The van der Waals surface area contributed by atoms with Gasteiger partial charge < -0.3 is 29.1 Å². The van der Waals surface area contributed by atoms with Crippen molar-refractivity contribution in [3.63, 3.8) is 0 Å². The van der Waals surface area contributed by atoms with Crippen molar-refractivity contribution in [3.05, 3.63) is 24.3 Å². The lowest BCUT2D eigenvalue weighted by molar-refractivity contribution is -0.160. The third-order valence-corrected chi connectivity index (χ3v) is 8.45. The zero-order valence-electron chi connectivity index (χ0n) is 21.7. The van der Waals surface area contributed by atoms with Crippen LogP contribution in [0.15, 0.2) is 24.3 Å². The van der Waals surface area contributed by atoms with Crippen LogP contribution in [0.2, 0.25) is 0 Å². The highest BCUT2D eigenvalue weighted by Crippen LogP contribution is 2.57. The molecule has 5 aliphatic rings. The molecule has 3 saturated heterocycles. The minimum atomic E-state index is -1.24. The molecule has 1 unspecified atom stereocenters. The summed E-state index contributed by atoms with van der Waals surface area (Å²) in [5.74, 6) is -2.50. The van der Waals surface area contributed by atoms with E-state index < -0.39 is 35.0 Å². The number of likely N-dealkylation sites (tertiary alicyclic amines) is 1. The van der Waals surface area contributed by atoms with E-state index >= 15 is 0 Å². The van der Waals surface area contributed by atoms with Crippen molar-refractivity contribution in [1.82, 2.24) is 14.7 Å². The molecule has 0 aromatic rings. The number of amides is 2. The minimum absolute atomic E-state index is 0.0860. The van der Waals surface area contributed by atoms with Gasteiger partial charge in [-0.2, -0.15) is 0 Å². The Morgan fingerprint density at radius 3 is 2.54 bits per heavy atom. The van der Waals surface area contributed by atoms with Crippen LogP contribution in [0.25, 0.3) is 0 Å². The van der Waals surface area contributed by atoms with Crippen molar-refractivity contribution in [2.75, 3.05) is 65.7 Å². The van der Waals surface area contributed by atoms with Crippen LogP contribution in [-0.4, -0.2) is 121 Å². The van der Waals surface area contributed by atoms with Crippen molar-refractivity contribution in [2.45, 2.75) is 49.9 Å². The zero-order valence-corrected chi connectivity index (χ0v) is 21.7. The Morgan fingerprint density at radius 2 is 1.76 bits per heavy atom. The highest BCUT2D eigenvalue weighted by atomic mass is 16.6. The summed E-state index contributed by atoms with van der Waals surface area (Å²) in [4.78, 5) is 47.2. The smallest absolute Gasteiger partial charge is 0.313 e. The molecule has 204 valence electrons. The van der Waals surface area contributed by atoms with E-state index in [0.29, 0.717) is 52.1 Å². The normalized spacial score (nSPS) is 36.1. The molecule has 10 nitrogen and oxygen atoms in total. The quantitative estimate of drug-likeness (QED) is 0.279. The second kappa shape index (κ2) is 10.8. The number of unbranched alkanes of at least 4 members (excludes halogenated alkanes) is 2. The number of cyclic esters (lactones) is 1. The first-order chi connectivity index (χ1) is 17.9. The topological polar surface area (TPSA) is 109 Å². The highest BCUT2D eigenvalue weighted by molar-refractivity contribution is 5.99. The Hall–Kier alpha value is -2.27. The number of rotatable bonds is 8. The maximum Gasteiger partial charge on any atom is 0.313 e. The van der Waals surface area contributed by atoms with Crippen LogP contribution in [0.3, 0.4) is 0 Å². The number of nitrogens with zero attached hydrogens (tertiary/aromatic N) is 3. The Balaban J connectivity index is 1.47. The lowest BCUT2D eigenvalue weighted by Crippen LogP contribution is -2.56. The number of hydrogen-bond donors (Lipinski definition) is 1. The fourth-order valence-electron chi connectivity index (χ4n) is 6.63. The summed E-state index contributed by atoms with van der Waals surface area (Å²) in [6.45, 7) is 7.27. The number of carbonyl (C=O) groups excluding carboxylic acids is 3. The number of esters is 1. The average Bonchev–Trinajstić information content (AvgIpc) is 3.20. The molecule has 0 aliphatic carbocycles. The van der Waals surface area contributed by atoms with Gasteiger partial charge >= 0.3 is 5.97 Å². The molecule has 37 heavy (non-hydrogen) atoms. The molecule has 0 bridgehead atoms. The van der Waals surface area contributed by atoms with Crippen LogP contribution in [0.1, 0.15) is 32.6 Å². The van der Waals surface area contributed by atoms with Gasteiger partial charge in [-0.25, -0.2) is 0 Å².